The number of carbonyl (C=O) groups is 1. The summed E-state index contributed by atoms with van der Waals surface area (Å²) < 4.78 is 0. The van der Waals surface area contributed by atoms with Crippen molar-refractivity contribution in [2.24, 2.45) is 0 Å². The van der Waals surface area contributed by atoms with Gasteiger partial charge in [0.25, 0.3) is 0 Å². The summed E-state index contributed by atoms with van der Waals surface area (Å²) in [6, 6.07) is 26.6. The summed E-state index contributed by atoms with van der Waals surface area (Å²) in [6.07, 6.45) is 5.92. The van der Waals surface area contributed by atoms with E-state index in [1.807, 2.05) is 42.6 Å². The molecule has 0 saturated heterocycles. The topological polar surface area (TPSA) is 78.0 Å². The number of aromatic amines is 1. The highest BCUT2D eigenvalue weighted by Crippen LogP contribution is 2.41. The second-order valence-corrected chi connectivity index (χ2v) is 8.78. The first-order chi connectivity index (χ1) is 16.7. The standard InChI is InChI=1S/C29H23N3O2/c33-29(34)26-15-23(20-6-7-20)17-31-28(26)32-24-14-22-12-13-30-27(22)25(16-24)21-10-8-19(9-11-21)18-4-2-1-3-5-18/h1-5,8-17,20,30H,6-7H2,(H,31,32)(H,33,34). The molecule has 2 heterocycles. The Hall–Kier alpha value is -4.38. The van der Waals surface area contributed by atoms with Crippen LogP contribution in [-0.4, -0.2) is 21.0 Å². The first-order valence-electron chi connectivity index (χ1n) is 11.4. The third-order valence-corrected chi connectivity index (χ3v) is 6.41. The fraction of sp³-hybridized carbons (Fsp3) is 0.103. The largest absolute Gasteiger partial charge is 0.478 e. The molecule has 1 aliphatic rings. The zero-order valence-corrected chi connectivity index (χ0v) is 18.5. The summed E-state index contributed by atoms with van der Waals surface area (Å²) in [5.41, 5.74) is 7.48. The van der Waals surface area contributed by atoms with Crippen LogP contribution in [0.2, 0.25) is 0 Å². The van der Waals surface area contributed by atoms with Crippen LogP contribution in [0.15, 0.2) is 91.3 Å². The van der Waals surface area contributed by atoms with Crippen LogP contribution in [0.5, 0.6) is 0 Å². The lowest BCUT2D eigenvalue weighted by Crippen LogP contribution is -2.06. The molecule has 3 N–H and O–H groups in total. The lowest BCUT2D eigenvalue weighted by Gasteiger charge is -2.13. The molecular weight excluding hydrogens is 422 g/mol. The van der Waals surface area contributed by atoms with Crippen LogP contribution in [0.3, 0.4) is 0 Å². The molecule has 34 heavy (non-hydrogen) atoms. The lowest BCUT2D eigenvalue weighted by molar-refractivity contribution is 0.0697. The van der Waals surface area contributed by atoms with Crippen molar-refractivity contribution in [3.63, 3.8) is 0 Å². The molecule has 5 nitrogen and oxygen atoms in total. The molecule has 1 aliphatic carbocycles. The van der Waals surface area contributed by atoms with Crippen LogP contribution >= 0.6 is 0 Å². The monoisotopic (exact) mass is 445 g/mol. The molecule has 5 heteroatoms. The van der Waals surface area contributed by atoms with Crippen LogP contribution in [0.25, 0.3) is 33.2 Å². The first kappa shape index (κ1) is 20.2. The van der Waals surface area contributed by atoms with E-state index in [1.165, 1.54) is 5.56 Å². The molecular formula is C29H23N3O2. The number of fused-ring (bicyclic) bond motifs is 1. The Balaban J connectivity index is 1.38. The normalized spacial score (nSPS) is 13.2. The maximum absolute atomic E-state index is 11.9. The van der Waals surface area contributed by atoms with Crippen molar-refractivity contribution in [1.82, 2.24) is 9.97 Å². The summed E-state index contributed by atoms with van der Waals surface area (Å²) in [5, 5.41) is 14.1. The number of benzene rings is 3. The Kier molecular flexibility index (Phi) is 4.88. The van der Waals surface area contributed by atoms with Gasteiger partial charge in [-0.25, -0.2) is 9.78 Å². The number of hydrogen-bond donors (Lipinski definition) is 3. The van der Waals surface area contributed by atoms with Crippen LogP contribution in [0, 0.1) is 0 Å². The Morgan fingerprint density at radius 1 is 0.912 bits per heavy atom. The van der Waals surface area contributed by atoms with E-state index in [1.54, 1.807) is 12.3 Å². The molecule has 6 rings (SSSR count). The molecule has 0 amide bonds. The molecule has 0 atom stereocenters. The number of pyridine rings is 1. The molecule has 0 aliphatic heterocycles. The van der Waals surface area contributed by atoms with Crippen molar-refractivity contribution < 1.29 is 9.90 Å². The second kappa shape index (κ2) is 8.19. The predicted molar refractivity (Wildman–Crippen MR) is 136 cm³/mol. The number of carboxylic acid groups (broad SMARTS) is 1. The van der Waals surface area contributed by atoms with Crippen LogP contribution in [0.4, 0.5) is 11.5 Å². The summed E-state index contributed by atoms with van der Waals surface area (Å²) in [5.74, 6) is -0.171. The molecule has 0 bridgehead atoms. The number of rotatable bonds is 6. The van der Waals surface area contributed by atoms with Crippen LogP contribution in [0.1, 0.15) is 34.7 Å². The van der Waals surface area contributed by atoms with Gasteiger partial charge in [0, 0.05) is 29.0 Å². The van der Waals surface area contributed by atoms with Crippen molar-refractivity contribution in [3.8, 4) is 22.3 Å². The molecule has 166 valence electrons. The number of aromatic carboxylic acids is 1. The minimum Gasteiger partial charge on any atom is -0.478 e. The minimum absolute atomic E-state index is 0.201. The van der Waals surface area contributed by atoms with Crippen molar-refractivity contribution in [3.05, 3.63) is 102 Å². The Morgan fingerprint density at radius 2 is 1.65 bits per heavy atom. The number of carboxylic acids is 1. The van der Waals surface area contributed by atoms with E-state index in [0.29, 0.717) is 11.7 Å². The molecule has 3 aromatic carbocycles. The Morgan fingerprint density at radius 3 is 2.38 bits per heavy atom. The quantitative estimate of drug-likeness (QED) is 0.258. The van der Waals surface area contributed by atoms with E-state index in [9.17, 15) is 9.90 Å². The summed E-state index contributed by atoms with van der Waals surface area (Å²) in [7, 11) is 0. The Bertz CT molecular complexity index is 1500. The van der Waals surface area contributed by atoms with E-state index in [-0.39, 0.29) is 5.56 Å². The summed E-state index contributed by atoms with van der Waals surface area (Å²) in [4.78, 5) is 19.7. The average molecular weight is 446 g/mol. The van der Waals surface area contributed by atoms with Gasteiger partial charge in [-0.2, -0.15) is 0 Å². The minimum atomic E-state index is -0.975. The van der Waals surface area contributed by atoms with Crippen LogP contribution < -0.4 is 5.32 Å². The predicted octanol–water partition coefficient (Wildman–Crippen LogP) is 7.22. The Labute approximate surface area is 197 Å². The molecule has 1 saturated carbocycles. The molecule has 0 spiro atoms. The zero-order chi connectivity index (χ0) is 23.1. The second-order valence-electron chi connectivity index (χ2n) is 8.78. The van der Waals surface area contributed by atoms with Crippen molar-refractivity contribution in [1.29, 1.82) is 0 Å². The fourth-order valence-electron chi connectivity index (χ4n) is 4.46. The van der Waals surface area contributed by atoms with Gasteiger partial charge in [-0.05, 0) is 65.3 Å². The molecule has 2 aromatic heterocycles. The number of nitrogens with one attached hydrogen (secondary N) is 2. The van der Waals surface area contributed by atoms with Gasteiger partial charge in [0.2, 0.25) is 0 Å². The van der Waals surface area contributed by atoms with E-state index >= 15 is 0 Å². The highest BCUT2D eigenvalue weighted by Gasteiger charge is 2.26. The van der Waals surface area contributed by atoms with Gasteiger partial charge in [-0.15, -0.1) is 0 Å². The van der Waals surface area contributed by atoms with Gasteiger partial charge >= 0.3 is 5.97 Å². The van der Waals surface area contributed by atoms with Gasteiger partial charge in [0.05, 0.1) is 5.52 Å². The third kappa shape index (κ3) is 3.82. The van der Waals surface area contributed by atoms with Gasteiger partial charge in [-0.1, -0.05) is 54.6 Å². The highest BCUT2D eigenvalue weighted by atomic mass is 16.4. The number of hydrogen-bond acceptors (Lipinski definition) is 3. The zero-order valence-electron chi connectivity index (χ0n) is 18.5. The summed E-state index contributed by atoms with van der Waals surface area (Å²) >= 11 is 0. The van der Waals surface area contributed by atoms with Gasteiger partial charge < -0.3 is 15.4 Å². The molecule has 1 fully saturated rings. The smallest absolute Gasteiger partial charge is 0.339 e. The average Bonchev–Trinajstić information content (AvgIpc) is 3.61. The SMILES string of the molecule is O=C(O)c1cc(C2CC2)cnc1Nc1cc(-c2ccc(-c3ccccc3)cc2)c2[nH]ccc2c1. The first-order valence-corrected chi connectivity index (χ1v) is 11.4. The number of nitrogens with zero attached hydrogens (tertiary/aromatic N) is 1. The van der Waals surface area contributed by atoms with Crippen molar-refractivity contribution >= 4 is 28.4 Å². The number of aromatic nitrogens is 2. The van der Waals surface area contributed by atoms with Gasteiger partial charge in [0.15, 0.2) is 0 Å². The third-order valence-electron chi connectivity index (χ3n) is 6.41. The molecule has 5 aromatic rings. The van der Waals surface area contributed by atoms with E-state index in [2.05, 4.69) is 51.7 Å². The maximum atomic E-state index is 11.9. The molecule has 0 radical (unpaired) electrons. The van der Waals surface area contributed by atoms with Gasteiger partial charge in [0.1, 0.15) is 11.4 Å². The van der Waals surface area contributed by atoms with E-state index in [0.717, 1.165) is 51.7 Å². The van der Waals surface area contributed by atoms with Crippen molar-refractivity contribution in [2.45, 2.75) is 18.8 Å². The van der Waals surface area contributed by atoms with E-state index < -0.39 is 5.97 Å². The fourth-order valence-corrected chi connectivity index (χ4v) is 4.46. The van der Waals surface area contributed by atoms with Crippen LogP contribution in [-0.2, 0) is 0 Å². The van der Waals surface area contributed by atoms with Crippen molar-refractivity contribution in [2.75, 3.05) is 5.32 Å². The molecule has 0 unspecified atom stereocenters. The summed E-state index contributed by atoms with van der Waals surface area (Å²) in [6.45, 7) is 0. The van der Waals surface area contributed by atoms with E-state index in [4.69, 9.17) is 0 Å². The highest BCUT2D eigenvalue weighted by molar-refractivity contribution is 5.99. The van der Waals surface area contributed by atoms with Gasteiger partial charge in [-0.3, -0.25) is 0 Å². The number of anilines is 2. The number of H-pyrrole nitrogens is 1. The maximum Gasteiger partial charge on any atom is 0.339 e. The lowest BCUT2D eigenvalue weighted by atomic mass is 9.98.